The number of aliphatic hydroxyl groups is 1. The molecule has 2 N–H and O–H groups in total. The Labute approximate surface area is 103 Å². The number of fused-ring (bicyclic) bond motifs is 1. The van der Waals surface area contributed by atoms with Crippen molar-refractivity contribution in [3.8, 4) is 0 Å². The molecule has 18 heavy (non-hydrogen) atoms. The molecule has 5 atom stereocenters. The van der Waals surface area contributed by atoms with Crippen LogP contribution in [0.1, 0.15) is 18.5 Å². The summed E-state index contributed by atoms with van der Waals surface area (Å²) in [5.41, 5.74) is -0.212. The second-order valence-electron chi connectivity index (χ2n) is 5.23. The van der Waals surface area contributed by atoms with Crippen molar-refractivity contribution in [2.24, 2.45) is 11.8 Å². The number of hydrogen-bond donors (Lipinski definition) is 2. The van der Waals surface area contributed by atoms with Crippen LogP contribution in [0.4, 0.5) is 0 Å². The van der Waals surface area contributed by atoms with E-state index in [2.05, 4.69) is 4.98 Å². The van der Waals surface area contributed by atoms with E-state index in [1.54, 1.807) is 17.7 Å². The average Bonchev–Trinajstić information content (AvgIpc) is 2.94. The Bertz CT molecular complexity index is 590. The van der Waals surface area contributed by atoms with Crippen molar-refractivity contribution in [3.63, 3.8) is 0 Å². The van der Waals surface area contributed by atoms with Crippen LogP contribution >= 0.6 is 0 Å². The first-order chi connectivity index (χ1) is 8.54. The summed E-state index contributed by atoms with van der Waals surface area (Å²) in [4.78, 5) is 25.4. The minimum atomic E-state index is -0.388. The third-order valence-electron chi connectivity index (χ3n) is 4.14. The first-order valence-electron chi connectivity index (χ1n) is 6.13. The highest BCUT2D eigenvalue weighted by Gasteiger charge is 2.63. The maximum atomic E-state index is 11.8. The van der Waals surface area contributed by atoms with Crippen molar-refractivity contribution in [2.75, 3.05) is 6.61 Å². The molecule has 0 bridgehead atoms. The number of aliphatic hydroxyl groups excluding tert-OH is 1. The SMILES string of the molecule is Cc1cn([C@@H]2C3OC(CO)C(C)C32)c(=O)[nH]c1=O. The third-order valence-corrected chi connectivity index (χ3v) is 4.14. The number of nitrogens with one attached hydrogen (secondary N) is 1. The lowest BCUT2D eigenvalue weighted by molar-refractivity contribution is 0.00153. The fraction of sp³-hybridized carbons (Fsp3) is 0.667. The standard InChI is InChI=1S/C12H16N2O4/c1-5-3-14(12(17)13-11(5)16)9-8-6(2)7(4-15)18-10(8)9/h3,6-10,15H,4H2,1-2H3,(H,13,16,17)/t6?,7?,8?,9-,10?/m0/s1. The number of H-pyrrole nitrogens is 1. The Morgan fingerprint density at radius 3 is 2.78 bits per heavy atom. The number of aromatic nitrogens is 2. The Kier molecular flexibility index (Phi) is 2.46. The fourth-order valence-electron chi connectivity index (χ4n) is 3.01. The summed E-state index contributed by atoms with van der Waals surface area (Å²) in [6.45, 7) is 3.71. The Morgan fingerprint density at radius 2 is 2.22 bits per heavy atom. The molecule has 0 aromatic carbocycles. The summed E-state index contributed by atoms with van der Waals surface area (Å²) in [7, 11) is 0. The summed E-state index contributed by atoms with van der Waals surface area (Å²) in [5, 5.41) is 9.13. The molecule has 1 saturated carbocycles. The van der Waals surface area contributed by atoms with Gasteiger partial charge < -0.3 is 9.84 Å². The number of hydrogen-bond acceptors (Lipinski definition) is 4. The summed E-state index contributed by atoms with van der Waals surface area (Å²) in [6, 6.07) is -0.00847. The zero-order chi connectivity index (χ0) is 13.0. The molecule has 1 aliphatic carbocycles. The van der Waals surface area contributed by atoms with Gasteiger partial charge in [0.15, 0.2) is 0 Å². The molecule has 4 unspecified atom stereocenters. The van der Waals surface area contributed by atoms with Crippen molar-refractivity contribution in [1.82, 2.24) is 9.55 Å². The van der Waals surface area contributed by atoms with Crippen molar-refractivity contribution in [3.05, 3.63) is 32.6 Å². The van der Waals surface area contributed by atoms with E-state index < -0.39 is 0 Å². The van der Waals surface area contributed by atoms with Crippen LogP contribution in [-0.2, 0) is 4.74 Å². The van der Waals surface area contributed by atoms with Gasteiger partial charge in [0, 0.05) is 17.7 Å². The van der Waals surface area contributed by atoms with Crippen LogP contribution in [0, 0.1) is 18.8 Å². The maximum Gasteiger partial charge on any atom is 0.328 e. The molecule has 98 valence electrons. The fourth-order valence-corrected chi connectivity index (χ4v) is 3.01. The highest BCUT2D eigenvalue weighted by Crippen LogP contribution is 2.57. The molecule has 6 heteroatoms. The summed E-state index contributed by atoms with van der Waals surface area (Å²) >= 11 is 0. The molecule has 0 radical (unpaired) electrons. The van der Waals surface area contributed by atoms with E-state index in [-0.39, 0.29) is 47.9 Å². The molecule has 2 heterocycles. The van der Waals surface area contributed by atoms with Gasteiger partial charge >= 0.3 is 5.69 Å². The van der Waals surface area contributed by atoms with Crippen LogP contribution in [0.2, 0.25) is 0 Å². The van der Waals surface area contributed by atoms with Crippen molar-refractivity contribution < 1.29 is 9.84 Å². The van der Waals surface area contributed by atoms with E-state index in [4.69, 9.17) is 9.84 Å². The highest BCUT2D eigenvalue weighted by molar-refractivity contribution is 5.14. The quantitative estimate of drug-likeness (QED) is 0.737. The number of aryl methyl sites for hydroxylation is 1. The number of aromatic amines is 1. The molecular weight excluding hydrogens is 236 g/mol. The third kappa shape index (κ3) is 1.49. The second-order valence-corrected chi connectivity index (χ2v) is 5.23. The lowest BCUT2D eigenvalue weighted by Crippen LogP contribution is -2.33. The van der Waals surface area contributed by atoms with E-state index in [0.29, 0.717) is 5.56 Å². The number of nitrogens with zero attached hydrogens (tertiary/aromatic N) is 1. The van der Waals surface area contributed by atoms with Gasteiger partial charge in [-0.1, -0.05) is 6.92 Å². The van der Waals surface area contributed by atoms with Gasteiger partial charge in [-0.15, -0.1) is 0 Å². The molecule has 3 rings (SSSR count). The Morgan fingerprint density at radius 1 is 1.50 bits per heavy atom. The van der Waals surface area contributed by atoms with Gasteiger partial charge in [-0.05, 0) is 12.8 Å². The van der Waals surface area contributed by atoms with Crippen LogP contribution < -0.4 is 11.2 Å². The van der Waals surface area contributed by atoms with Crippen LogP contribution in [0.25, 0.3) is 0 Å². The Hall–Kier alpha value is -1.40. The minimum Gasteiger partial charge on any atom is -0.394 e. The predicted octanol–water partition coefficient (Wildman–Crippen LogP) is -0.588. The van der Waals surface area contributed by atoms with Crippen LogP contribution in [-0.4, -0.2) is 33.5 Å². The van der Waals surface area contributed by atoms with Gasteiger partial charge in [-0.25, -0.2) is 4.79 Å². The summed E-state index contributed by atoms with van der Waals surface area (Å²) in [6.07, 6.45) is 1.45. The first kappa shape index (κ1) is 11.7. The monoisotopic (exact) mass is 252 g/mol. The lowest BCUT2D eigenvalue weighted by Gasteiger charge is -2.19. The van der Waals surface area contributed by atoms with Gasteiger partial charge in [-0.3, -0.25) is 14.3 Å². The first-order valence-corrected chi connectivity index (χ1v) is 6.13. The molecule has 1 aromatic heterocycles. The smallest absolute Gasteiger partial charge is 0.328 e. The van der Waals surface area contributed by atoms with E-state index in [9.17, 15) is 9.59 Å². The van der Waals surface area contributed by atoms with Gasteiger partial charge in [-0.2, -0.15) is 0 Å². The molecular formula is C12H16N2O4. The maximum absolute atomic E-state index is 11.8. The van der Waals surface area contributed by atoms with Gasteiger partial charge in [0.25, 0.3) is 5.56 Å². The zero-order valence-corrected chi connectivity index (χ0v) is 10.3. The van der Waals surface area contributed by atoms with E-state index >= 15 is 0 Å². The van der Waals surface area contributed by atoms with Crippen molar-refractivity contribution in [2.45, 2.75) is 32.1 Å². The van der Waals surface area contributed by atoms with Crippen LogP contribution in [0.15, 0.2) is 15.8 Å². The van der Waals surface area contributed by atoms with Gasteiger partial charge in [0.05, 0.1) is 24.9 Å². The van der Waals surface area contributed by atoms with E-state index in [1.165, 1.54) is 0 Å². The van der Waals surface area contributed by atoms with Crippen LogP contribution in [0.5, 0.6) is 0 Å². The van der Waals surface area contributed by atoms with Crippen molar-refractivity contribution in [1.29, 1.82) is 0 Å². The zero-order valence-electron chi connectivity index (χ0n) is 10.3. The second kappa shape index (κ2) is 3.80. The predicted molar refractivity (Wildman–Crippen MR) is 63.5 cm³/mol. The Balaban J connectivity index is 1.91. The molecule has 1 saturated heterocycles. The molecule has 1 aliphatic heterocycles. The van der Waals surface area contributed by atoms with Crippen LogP contribution in [0.3, 0.4) is 0 Å². The average molecular weight is 252 g/mol. The molecule has 1 aromatic rings. The number of ether oxygens (including phenoxy) is 1. The van der Waals surface area contributed by atoms with Gasteiger partial charge in [0.2, 0.25) is 0 Å². The lowest BCUT2D eigenvalue weighted by atomic mass is 10.0. The minimum absolute atomic E-state index is 0.00847. The van der Waals surface area contributed by atoms with E-state index in [1.807, 2.05) is 6.92 Å². The molecule has 0 spiro atoms. The van der Waals surface area contributed by atoms with E-state index in [0.717, 1.165) is 0 Å². The largest absolute Gasteiger partial charge is 0.394 e. The molecule has 0 amide bonds. The summed E-state index contributed by atoms with van der Waals surface area (Å²) < 4.78 is 7.24. The topological polar surface area (TPSA) is 84.3 Å². The molecule has 2 fully saturated rings. The molecule has 6 nitrogen and oxygen atoms in total. The normalized spacial score (nSPS) is 37.6. The highest BCUT2D eigenvalue weighted by atomic mass is 16.5. The van der Waals surface area contributed by atoms with Crippen molar-refractivity contribution >= 4 is 0 Å². The molecule has 2 aliphatic rings. The van der Waals surface area contributed by atoms with Gasteiger partial charge in [0.1, 0.15) is 0 Å². The number of rotatable bonds is 2. The summed E-state index contributed by atoms with van der Waals surface area (Å²) in [5.74, 6) is 0.481.